The van der Waals surface area contributed by atoms with Crippen molar-refractivity contribution >= 4 is 11.9 Å². The maximum absolute atomic E-state index is 11.0. The summed E-state index contributed by atoms with van der Waals surface area (Å²) in [5.74, 6) is -1.79. The molecule has 0 heterocycles. The van der Waals surface area contributed by atoms with Crippen LogP contribution in [-0.2, 0) is 19.1 Å². The zero-order valence-corrected chi connectivity index (χ0v) is 9.51. The summed E-state index contributed by atoms with van der Waals surface area (Å²) in [6.07, 6.45) is -2.26. The third-order valence-electron chi connectivity index (χ3n) is 1.56. The number of ether oxygens (including phenoxy) is 2. The van der Waals surface area contributed by atoms with Crippen LogP contribution in [0.25, 0.3) is 0 Å². The number of aliphatic hydroxyl groups excluding tert-OH is 1. The second-order valence-electron chi connectivity index (χ2n) is 3.75. The van der Waals surface area contributed by atoms with E-state index < -0.39 is 24.5 Å². The minimum Gasteiger partial charge on any atom is -0.481 e. The van der Waals surface area contributed by atoms with Crippen LogP contribution >= 0.6 is 0 Å². The number of carbonyl (C=O) groups excluding carboxylic acids is 1. The summed E-state index contributed by atoms with van der Waals surface area (Å²) in [6, 6.07) is 0. The number of aliphatic carboxylic acids is 1. The van der Waals surface area contributed by atoms with Gasteiger partial charge in [0.05, 0.1) is 13.0 Å². The van der Waals surface area contributed by atoms with E-state index in [0.29, 0.717) is 12.5 Å². The zero-order chi connectivity index (χ0) is 12.6. The summed E-state index contributed by atoms with van der Waals surface area (Å²) < 4.78 is 9.74. The first kappa shape index (κ1) is 14.9. The first-order chi connectivity index (χ1) is 7.43. The Bertz CT molecular complexity index is 225. The first-order valence-corrected chi connectivity index (χ1v) is 5.07. The van der Waals surface area contributed by atoms with E-state index in [4.69, 9.17) is 14.9 Å². The molecule has 0 fully saturated rings. The van der Waals surface area contributed by atoms with Crippen molar-refractivity contribution in [1.82, 2.24) is 0 Å². The lowest BCUT2D eigenvalue weighted by Crippen LogP contribution is -2.27. The van der Waals surface area contributed by atoms with E-state index in [1.54, 1.807) is 0 Å². The van der Waals surface area contributed by atoms with Gasteiger partial charge in [-0.15, -0.1) is 0 Å². The molecule has 94 valence electrons. The second kappa shape index (κ2) is 8.06. The van der Waals surface area contributed by atoms with Gasteiger partial charge in [-0.05, 0) is 5.92 Å². The van der Waals surface area contributed by atoms with E-state index in [1.165, 1.54) is 0 Å². The van der Waals surface area contributed by atoms with Crippen LogP contribution in [0, 0.1) is 5.92 Å². The highest BCUT2D eigenvalue weighted by atomic mass is 16.6. The molecule has 0 spiro atoms. The van der Waals surface area contributed by atoms with Crippen LogP contribution in [0.2, 0.25) is 0 Å². The molecule has 0 aliphatic rings. The van der Waals surface area contributed by atoms with Crippen LogP contribution in [0.3, 0.4) is 0 Å². The molecule has 0 radical (unpaired) electrons. The Morgan fingerprint density at radius 3 is 2.38 bits per heavy atom. The highest BCUT2D eigenvalue weighted by molar-refractivity contribution is 5.80. The van der Waals surface area contributed by atoms with Crippen LogP contribution < -0.4 is 0 Å². The fraction of sp³-hybridized carbons (Fsp3) is 0.800. The molecular weight excluding hydrogens is 216 g/mol. The van der Waals surface area contributed by atoms with Crippen LogP contribution in [0.4, 0.5) is 0 Å². The Morgan fingerprint density at radius 2 is 1.88 bits per heavy atom. The van der Waals surface area contributed by atoms with Gasteiger partial charge in [0.15, 0.2) is 6.10 Å². The number of hydrogen-bond donors (Lipinski definition) is 2. The van der Waals surface area contributed by atoms with Crippen molar-refractivity contribution in [2.45, 2.75) is 26.4 Å². The molecule has 0 aromatic heterocycles. The topological polar surface area (TPSA) is 93.1 Å². The molecule has 0 rings (SSSR count). The molecule has 6 heteroatoms. The average molecular weight is 234 g/mol. The number of esters is 1. The SMILES string of the molecule is CC(C)COCCOC(=O)C(O)CC(=O)O. The average Bonchev–Trinajstić information content (AvgIpc) is 2.15. The second-order valence-corrected chi connectivity index (χ2v) is 3.75. The van der Waals surface area contributed by atoms with Gasteiger partial charge < -0.3 is 19.7 Å². The van der Waals surface area contributed by atoms with Crippen molar-refractivity contribution in [2.75, 3.05) is 19.8 Å². The lowest BCUT2D eigenvalue weighted by Gasteiger charge is -2.09. The summed E-state index contributed by atoms with van der Waals surface area (Å²) in [4.78, 5) is 21.2. The third kappa shape index (κ3) is 8.19. The molecule has 0 aliphatic heterocycles. The number of carboxylic acid groups (broad SMARTS) is 1. The quantitative estimate of drug-likeness (QED) is 0.455. The Morgan fingerprint density at radius 1 is 1.25 bits per heavy atom. The number of carbonyl (C=O) groups is 2. The summed E-state index contributed by atoms with van der Waals surface area (Å²) in [6.45, 7) is 4.80. The Labute approximate surface area is 94.2 Å². The van der Waals surface area contributed by atoms with Gasteiger partial charge in [-0.1, -0.05) is 13.8 Å². The van der Waals surface area contributed by atoms with Crippen LogP contribution in [-0.4, -0.2) is 48.1 Å². The maximum Gasteiger partial charge on any atom is 0.335 e. The van der Waals surface area contributed by atoms with E-state index in [0.717, 1.165) is 0 Å². The molecule has 0 saturated heterocycles. The number of hydrogen-bond acceptors (Lipinski definition) is 5. The van der Waals surface area contributed by atoms with Gasteiger partial charge >= 0.3 is 11.9 Å². The number of rotatable bonds is 8. The molecule has 6 nitrogen and oxygen atoms in total. The Kier molecular flexibility index (Phi) is 7.49. The molecule has 0 bridgehead atoms. The van der Waals surface area contributed by atoms with Gasteiger partial charge in [0.2, 0.25) is 0 Å². The van der Waals surface area contributed by atoms with Crippen molar-refractivity contribution in [3.63, 3.8) is 0 Å². The van der Waals surface area contributed by atoms with Gasteiger partial charge in [-0.25, -0.2) is 4.79 Å². The monoisotopic (exact) mass is 234 g/mol. The fourth-order valence-electron chi connectivity index (χ4n) is 0.865. The van der Waals surface area contributed by atoms with Gasteiger partial charge in [-0.2, -0.15) is 0 Å². The van der Waals surface area contributed by atoms with Crippen LogP contribution in [0.5, 0.6) is 0 Å². The molecule has 16 heavy (non-hydrogen) atoms. The minimum atomic E-state index is -1.61. The first-order valence-electron chi connectivity index (χ1n) is 5.07. The maximum atomic E-state index is 11.0. The van der Waals surface area contributed by atoms with Crippen molar-refractivity contribution in [2.24, 2.45) is 5.92 Å². The van der Waals surface area contributed by atoms with E-state index in [2.05, 4.69) is 4.74 Å². The molecule has 0 saturated carbocycles. The van der Waals surface area contributed by atoms with E-state index >= 15 is 0 Å². The molecule has 2 N–H and O–H groups in total. The minimum absolute atomic E-state index is 0.0161. The predicted molar refractivity (Wildman–Crippen MR) is 54.9 cm³/mol. The third-order valence-corrected chi connectivity index (χ3v) is 1.56. The molecule has 0 aromatic carbocycles. The molecule has 1 unspecified atom stereocenters. The summed E-state index contributed by atoms with van der Waals surface area (Å²) >= 11 is 0. The smallest absolute Gasteiger partial charge is 0.335 e. The van der Waals surface area contributed by atoms with Gasteiger partial charge in [0.25, 0.3) is 0 Å². The van der Waals surface area contributed by atoms with Crippen molar-refractivity contribution in [1.29, 1.82) is 0 Å². The lowest BCUT2D eigenvalue weighted by atomic mass is 10.2. The number of carboxylic acids is 1. The highest BCUT2D eigenvalue weighted by Gasteiger charge is 2.19. The van der Waals surface area contributed by atoms with E-state index in [9.17, 15) is 9.59 Å². The number of aliphatic hydroxyl groups is 1. The van der Waals surface area contributed by atoms with E-state index in [-0.39, 0.29) is 13.2 Å². The molecular formula is C10H18O6. The van der Waals surface area contributed by atoms with Crippen LogP contribution in [0.1, 0.15) is 20.3 Å². The highest BCUT2D eigenvalue weighted by Crippen LogP contribution is 1.96. The van der Waals surface area contributed by atoms with E-state index in [1.807, 2.05) is 13.8 Å². The molecule has 0 amide bonds. The Hall–Kier alpha value is -1.14. The van der Waals surface area contributed by atoms with Gasteiger partial charge in [0.1, 0.15) is 6.61 Å². The lowest BCUT2D eigenvalue weighted by molar-refractivity contribution is -0.159. The molecule has 0 aromatic rings. The predicted octanol–water partition coefficient (Wildman–Crippen LogP) is 0.0378. The molecule has 0 aliphatic carbocycles. The fourth-order valence-corrected chi connectivity index (χ4v) is 0.865. The molecule has 1 atom stereocenters. The Balaban J connectivity index is 3.53. The van der Waals surface area contributed by atoms with Gasteiger partial charge in [0, 0.05) is 6.61 Å². The van der Waals surface area contributed by atoms with Gasteiger partial charge in [-0.3, -0.25) is 4.79 Å². The summed E-state index contributed by atoms with van der Waals surface area (Å²) in [5.41, 5.74) is 0. The largest absolute Gasteiger partial charge is 0.481 e. The summed E-state index contributed by atoms with van der Waals surface area (Å²) in [7, 11) is 0. The van der Waals surface area contributed by atoms with Crippen molar-refractivity contribution < 1.29 is 29.3 Å². The summed E-state index contributed by atoms with van der Waals surface area (Å²) in [5, 5.41) is 17.3. The van der Waals surface area contributed by atoms with Crippen molar-refractivity contribution in [3.8, 4) is 0 Å². The van der Waals surface area contributed by atoms with Crippen molar-refractivity contribution in [3.05, 3.63) is 0 Å². The standard InChI is InChI=1S/C10H18O6/c1-7(2)6-15-3-4-16-10(14)8(11)5-9(12)13/h7-8,11H,3-6H2,1-2H3,(H,12,13). The zero-order valence-electron chi connectivity index (χ0n) is 9.51. The normalized spacial score (nSPS) is 12.5. The van der Waals surface area contributed by atoms with Crippen LogP contribution in [0.15, 0.2) is 0 Å².